The molecule has 14 heavy (non-hydrogen) atoms. The maximum absolute atomic E-state index is 9.38. The van der Waals surface area contributed by atoms with Crippen LogP contribution in [0.3, 0.4) is 0 Å². The number of hydrogen-bond donors (Lipinski definition) is 4. The Labute approximate surface area is 75.9 Å². The Kier molecular flexibility index (Phi) is 20.8. The van der Waals surface area contributed by atoms with E-state index in [9.17, 15) is 9.59 Å². The molecule has 0 aromatic rings. The number of nitrogens with one attached hydrogen (secondary N) is 2. The molecule has 2 amide bonds. The van der Waals surface area contributed by atoms with Crippen molar-refractivity contribution in [3.8, 4) is 0 Å². The monoisotopic (exact) mass is 204 g/mol. The Balaban J connectivity index is -0.000000168. The van der Waals surface area contributed by atoms with Crippen molar-refractivity contribution in [2.45, 2.75) is 0 Å². The number of carbonyl (C=O) groups is 2. The lowest BCUT2D eigenvalue weighted by molar-refractivity contribution is 0.194. The van der Waals surface area contributed by atoms with Crippen molar-refractivity contribution in [3.63, 3.8) is 0 Å². The Morgan fingerprint density at radius 1 is 0.929 bits per heavy atom. The van der Waals surface area contributed by atoms with Gasteiger partial charge in [0.05, 0.1) is 0 Å². The average Bonchev–Trinajstić information content (AvgIpc) is 2.04. The van der Waals surface area contributed by atoms with Gasteiger partial charge in [0.2, 0.25) is 12.2 Å². The van der Waals surface area contributed by atoms with Crippen LogP contribution in [0.25, 0.3) is 0 Å². The topological polar surface area (TPSA) is 181 Å². The summed E-state index contributed by atoms with van der Waals surface area (Å²) in [4.78, 5) is 35.5. The zero-order valence-corrected chi connectivity index (χ0v) is 6.42. The van der Waals surface area contributed by atoms with Gasteiger partial charge in [-0.3, -0.25) is 0 Å². The minimum absolute atomic E-state index is 0.750. The molecule has 0 aromatic carbocycles. The summed E-state index contributed by atoms with van der Waals surface area (Å²) in [5.41, 5.74) is 0. The first-order chi connectivity index (χ1) is 6.45. The van der Waals surface area contributed by atoms with Crippen molar-refractivity contribution in [2.24, 2.45) is 10.2 Å². The Morgan fingerprint density at radius 3 is 1.14 bits per heavy atom. The molecule has 0 aliphatic rings. The fourth-order valence-electron chi connectivity index (χ4n) is 0.0855. The highest BCUT2D eigenvalue weighted by atomic mass is 16.4. The van der Waals surface area contributed by atoms with Crippen molar-refractivity contribution in [1.82, 2.24) is 0 Å². The van der Waals surface area contributed by atoms with E-state index in [4.69, 9.17) is 30.6 Å². The van der Waals surface area contributed by atoms with Gasteiger partial charge in [-0.2, -0.15) is 0 Å². The van der Waals surface area contributed by atoms with Crippen LogP contribution in [-0.2, 0) is 9.59 Å². The number of carboxylic acid groups (broad SMARTS) is 2. The van der Waals surface area contributed by atoms with E-state index in [1.165, 1.54) is 0 Å². The minimum atomic E-state index is -1.62. The van der Waals surface area contributed by atoms with Crippen LogP contribution in [0.5, 0.6) is 0 Å². The molecule has 0 atom stereocenters. The van der Waals surface area contributed by atoms with E-state index in [1.807, 2.05) is 0 Å². The van der Waals surface area contributed by atoms with Crippen molar-refractivity contribution in [2.75, 3.05) is 0 Å². The number of amides is 2. The van der Waals surface area contributed by atoms with E-state index >= 15 is 0 Å². The summed E-state index contributed by atoms with van der Waals surface area (Å²) in [6.45, 7) is 0. The van der Waals surface area contributed by atoms with E-state index in [-0.39, 0.29) is 0 Å². The molecule has 0 spiro atoms. The molecule has 0 rings (SSSR count). The first-order valence-electron chi connectivity index (χ1n) is 2.41. The second-order valence-electron chi connectivity index (χ2n) is 0.969. The largest absolute Gasteiger partial charge is 0.462 e. The highest BCUT2D eigenvalue weighted by Crippen LogP contribution is 1.76. The van der Waals surface area contributed by atoms with Crippen LogP contribution in [0.2, 0.25) is 0 Å². The van der Waals surface area contributed by atoms with E-state index in [1.54, 1.807) is 0 Å². The molecule has 0 saturated carbocycles. The maximum Gasteiger partial charge on any atom is 0.450 e. The van der Waals surface area contributed by atoms with Crippen LogP contribution >= 0.6 is 0 Å². The van der Waals surface area contributed by atoms with Gasteiger partial charge in [-0.15, -0.1) is 0 Å². The summed E-state index contributed by atoms with van der Waals surface area (Å²) < 4.78 is 0. The molecule has 0 bridgehead atoms. The lowest BCUT2D eigenvalue weighted by Gasteiger charge is -1.72. The van der Waals surface area contributed by atoms with Gasteiger partial charge in [-0.1, -0.05) is 10.2 Å². The maximum atomic E-state index is 9.38. The van der Waals surface area contributed by atoms with Gasteiger partial charge < -0.3 is 10.2 Å². The summed E-state index contributed by atoms with van der Waals surface area (Å²) in [5.74, 6) is 0. The summed E-state index contributed by atoms with van der Waals surface area (Å²) in [7, 11) is 0. The number of azo groups is 1. The number of hydrogen-bond acceptors (Lipinski definition) is 6. The predicted octanol–water partition coefficient (Wildman–Crippen LogP) is 0.597. The summed E-state index contributed by atoms with van der Waals surface area (Å²) in [6, 6.07) is 0. The minimum Gasteiger partial charge on any atom is -0.462 e. The average molecular weight is 204 g/mol. The third-order valence-corrected chi connectivity index (χ3v) is 0.221. The fraction of sp³-hybridized carbons (Fsp3) is 0. The molecule has 76 valence electrons. The first kappa shape index (κ1) is 17.4. The quantitative estimate of drug-likeness (QED) is 0.254. The molecular formula is C4H4N4O6. The highest BCUT2D eigenvalue weighted by Gasteiger charge is 1.91. The standard InChI is InChI=1S/C2H2N2O4.2CHNO/c5-1(6)3-4-2(7)8;2*2-1-3/h(H,5,6)(H,7,8);2*2H. The van der Waals surface area contributed by atoms with Crippen molar-refractivity contribution < 1.29 is 29.4 Å². The molecule has 0 unspecified atom stereocenters. The third kappa shape index (κ3) is 121. The molecule has 0 aliphatic heterocycles. The molecule has 10 nitrogen and oxygen atoms in total. The van der Waals surface area contributed by atoms with Gasteiger partial charge in [-0.05, 0) is 0 Å². The lowest BCUT2D eigenvalue weighted by atomic mass is 11.2. The van der Waals surface area contributed by atoms with E-state index in [0.717, 1.165) is 12.2 Å². The van der Waals surface area contributed by atoms with E-state index < -0.39 is 12.2 Å². The molecule has 0 radical (unpaired) electrons. The molecule has 0 aromatic heterocycles. The Hall–Kier alpha value is -2.70. The second-order valence-corrected chi connectivity index (χ2v) is 0.969. The van der Waals surface area contributed by atoms with Gasteiger partial charge in [0.15, 0.2) is 0 Å². The summed E-state index contributed by atoms with van der Waals surface area (Å²) in [6.07, 6.45) is -1.74. The van der Waals surface area contributed by atoms with Crippen LogP contribution in [0.1, 0.15) is 0 Å². The smallest absolute Gasteiger partial charge is 0.450 e. The molecule has 0 heterocycles. The normalized spacial score (nSPS) is 6.57. The first-order valence-corrected chi connectivity index (χ1v) is 2.41. The van der Waals surface area contributed by atoms with Gasteiger partial charge in [0.25, 0.3) is 0 Å². The molecule has 0 fully saturated rings. The molecule has 0 saturated heterocycles. The lowest BCUT2D eigenvalue weighted by Crippen LogP contribution is -1.87. The van der Waals surface area contributed by atoms with Crippen LogP contribution in [-0.4, -0.2) is 34.6 Å². The van der Waals surface area contributed by atoms with E-state index in [0.29, 0.717) is 0 Å². The van der Waals surface area contributed by atoms with Gasteiger partial charge in [0, 0.05) is 0 Å². The molecule has 4 N–H and O–H groups in total. The zero-order valence-electron chi connectivity index (χ0n) is 6.42. The number of rotatable bonds is 0. The van der Waals surface area contributed by atoms with Crippen molar-refractivity contribution in [1.29, 1.82) is 10.8 Å². The molecular weight excluding hydrogens is 200 g/mol. The van der Waals surface area contributed by atoms with Crippen LogP contribution in [0, 0.1) is 10.8 Å². The van der Waals surface area contributed by atoms with Crippen LogP contribution in [0.15, 0.2) is 10.2 Å². The van der Waals surface area contributed by atoms with Crippen LogP contribution < -0.4 is 0 Å². The summed E-state index contributed by atoms with van der Waals surface area (Å²) in [5, 5.41) is 30.6. The van der Waals surface area contributed by atoms with Crippen molar-refractivity contribution in [3.05, 3.63) is 0 Å². The molecule has 0 aliphatic carbocycles. The predicted molar refractivity (Wildman–Crippen MR) is 37.7 cm³/mol. The number of nitrogens with zero attached hydrogens (tertiary/aromatic N) is 2. The van der Waals surface area contributed by atoms with Crippen molar-refractivity contribution >= 4 is 24.3 Å². The SMILES string of the molecule is N=C=O.N=C=O.O=C(O)N=NC(=O)O. The van der Waals surface area contributed by atoms with E-state index in [2.05, 4.69) is 10.2 Å². The number of isocyanates is 2. The number of carbonyl (C=O) groups excluding carboxylic acids is 2. The summed E-state index contributed by atoms with van der Waals surface area (Å²) >= 11 is 0. The van der Waals surface area contributed by atoms with Crippen LogP contribution in [0.4, 0.5) is 9.59 Å². The Bertz CT molecular complexity index is 244. The highest BCUT2D eigenvalue weighted by molar-refractivity contribution is 5.70. The van der Waals surface area contributed by atoms with Gasteiger partial charge in [0.1, 0.15) is 0 Å². The van der Waals surface area contributed by atoms with Gasteiger partial charge in [-0.25, -0.2) is 30.0 Å². The molecule has 10 heteroatoms. The Morgan fingerprint density at radius 2 is 1.07 bits per heavy atom. The van der Waals surface area contributed by atoms with Gasteiger partial charge >= 0.3 is 12.2 Å². The fourth-order valence-corrected chi connectivity index (χ4v) is 0.0855. The zero-order chi connectivity index (χ0) is 12.0. The third-order valence-electron chi connectivity index (χ3n) is 0.221. The second kappa shape index (κ2) is 16.7.